The fraction of sp³-hybridized carbons (Fsp3) is 0. The van der Waals surface area contributed by atoms with Crippen molar-refractivity contribution in [2.24, 2.45) is 0 Å². The predicted molar refractivity (Wildman–Crippen MR) is 245 cm³/mol. The monoisotopic (exact) mass is 723 g/mol. The van der Waals surface area contributed by atoms with Crippen molar-refractivity contribution in [1.29, 1.82) is 0 Å². The molecule has 57 heavy (non-hydrogen) atoms. The summed E-state index contributed by atoms with van der Waals surface area (Å²) in [6.07, 6.45) is 0. The Balaban J connectivity index is 0.998. The third-order valence-electron chi connectivity index (χ3n) is 11.6. The Bertz CT molecular complexity index is 3290. The quantitative estimate of drug-likeness (QED) is 0.154. The molecule has 0 aliphatic heterocycles. The number of hydrogen-bond acceptors (Lipinski definition) is 1. The van der Waals surface area contributed by atoms with Crippen LogP contribution in [0.4, 0.5) is 17.1 Å². The maximum atomic E-state index is 2.39. The average molecular weight is 724 g/mol. The summed E-state index contributed by atoms with van der Waals surface area (Å²) in [5.41, 5.74) is 10.7. The molecule has 0 bridgehead atoms. The highest BCUT2D eigenvalue weighted by molar-refractivity contribution is 6.18. The second kappa shape index (κ2) is 13.7. The van der Waals surface area contributed by atoms with Crippen LogP contribution in [-0.2, 0) is 0 Å². The first-order valence-corrected chi connectivity index (χ1v) is 19.7. The molecule has 0 heterocycles. The van der Waals surface area contributed by atoms with Crippen molar-refractivity contribution in [2.45, 2.75) is 0 Å². The molecule has 0 spiro atoms. The summed E-state index contributed by atoms with van der Waals surface area (Å²) < 4.78 is 0. The normalized spacial score (nSPS) is 11.5. The van der Waals surface area contributed by atoms with Crippen LogP contribution in [0.3, 0.4) is 0 Å². The highest BCUT2D eigenvalue weighted by Crippen LogP contribution is 2.44. The predicted octanol–water partition coefficient (Wildman–Crippen LogP) is 15.9. The SMILES string of the molecule is c1ccc(N(c2ccc(-c3ccc4ccc(-c5ccc6ccccc6c5)cc4c3)cc2)c2ccc(-c3cccc4ccc5ccccc5c34)c3ccccc23)cc1. The zero-order valence-corrected chi connectivity index (χ0v) is 31.3. The van der Waals surface area contributed by atoms with Gasteiger partial charge in [0.15, 0.2) is 0 Å². The van der Waals surface area contributed by atoms with Gasteiger partial charge in [0.05, 0.1) is 5.69 Å². The maximum absolute atomic E-state index is 2.39. The zero-order valence-electron chi connectivity index (χ0n) is 31.3. The molecule has 0 aliphatic rings. The van der Waals surface area contributed by atoms with E-state index in [0.717, 1.165) is 17.1 Å². The molecule has 0 amide bonds. The van der Waals surface area contributed by atoms with Gasteiger partial charge in [0, 0.05) is 16.8 Å². The second-order valence-electron chi connectivity index (χ2n) is 14.9. The summed E-state index contributed by atoms with van der Waals surface area (Å²) in [7, 11) is 0. The van der Waals surface area contributed by atoms with Crippen molar-refractivity contribution in [3.05, 3.63) is 224 Å². The molecule has 1 nitrogen and oxygen atoms in total. The van der Waals surface area contributed by atoms with Gasteiger partial charge in [-0.2, -0.15) is 0 Å². The summed E-state index contributed by atoms with van der Waals surface area (Å²) >= 11 is 0. The van der Waals surface area contributed by atoms with Crippen molar-refractivity contribution in [3.63, 3.8) is 0 Å². The van der Waals surface area contributed by atoms with E-state index in [1.807, 2.05) is 0 Å². The largest absolute Gasteiger partial charge is 0.310 e. The van der Waals surface area contributed by atoms with E-state index in [1.165, 1.54) is 87.2 Å². The number of rotatable bonds is 6. The van der Waals surface area contributed by atoms with Crippen LogP contribution in [0.2, 0.25) is 0 Å². The second-order valence-corrected chi connectivity index (χ2v) is 14.9. The Hall–Kier alpha value is -7.48. The van der Waals surface area contributed by atoms with E-state index < -0.39 is 0 Å². The Morgan fingerprint density at radius 3 is 1.51 bits per heavy atom. The van der Waals surface area contributed by atoms with E-state index >= 15 is 0 Å². The molecule has 266 valence electrons. The molecule has 0 saturated carbocycles. The van der Waals surface area contributed by atoms with Crippen LogP contribution in [0.1, 0.15) is 0 Å². The van der Waals surface area contributed by atoms with Gasteiger partial charge in [-0.15, -0.1) is 0 Å². The Morgan fingerprint density at radius 2 is 0.754 bits per heavy atom. The first kappa shape index (κ1) is 32.9. The molecule has 0 fully saturated rings. The number of benzene rings is 11. The van der Waals surface area contributed by atoms with E-state index in [-0.39, 0.29) is 0 Å². The lowest BCUT2D eigenvalue weighted by Gasteiger charge is -2.28. The third-order valence-corrected chi connectivity index (χ3v) is 11.6. The van der Waals surface area contributed by atoms with Gasteiger partial charge in [-0.05, 0) is 130 Å². The fourth-order valence-corrected chi connectivity index (χ4v) is 8.78. The summed E-state index contributed by atoms with van der Waals surface area (Å²) in [4.78, 5) is 2.39. The van der Waals surface area contributed by atoms with Gasteiger partial charge in [-0.3, -0.25) is 0 Å². The molecule has 0 unspecified atom stereocenters. The highest BCUT2D eigenvalue weighted by Gasteiger charge is 2.19. The lowest BCUT2D eigenvalue weighted by Crippen LogP contribution is -2.10. The van der Waals surface area contributed by atoms with Crippen LogP contribution in [0.5, 0.6) is 0 Å². The molecular formula is C56H37N. The van der Waals surface area contributed by atoms with E-state index in [2.05, 4.69) is 229 Å². The Morgan fingerprint density at radius 1 is 0.246 bits per heavy atom. The van der Waals surface area contributed by atoms with Gasteiger partial charge in [0.25, 0.3) is 0 Å². The molecule has 0 atom stereocenters. The van der Waals surface area contributed by atoms with Gasteiger partial charge in [-0.1, -0.05) is 176 Å². The number of fused-ring (bicyclic) bond motifs is 6. The van der Waals surface area contributed by atoms with Crippen LogP contribution in [-0.4, -0.2) is 0 Å². The lowest BCUT2D eigenvalue weighted by molar-refractivity contribution is 1.30. The van der Waals surface area contributed by atoms with Gasteiger partial charge in [0.2, 0.25) is 0 Å². The van der Waals surface area contributed by atoms with Crippen LogP contribution in [0.15, 0.2) is 224 Å². The summed E-state index contributed by atoms with van der Waals surface area (Å²) in [6.45, 7) is 0. The van der Waals surface area contributed by atoms with Crippen LogP contribution >= 0.6 is 0 Å². The first-order valence-electron chi connectivity index (χ1n) is 19.7. The highest BCUT2D eigenvalue weighted by atomic mass is 15.1. The van der Waals surface area contributed by atoms with Crippen LogP contribution < -0.4 is 4.90 Å². The standard InChI is InChI=1S/C56H37N/c1-2-15-48(16-3-1)57(55-34-33-52(51-18-8-9-19-53(51)55)54-20-10-14-42-25-24-41-12-6-7-17-50(41)56(42)54)49-31-29-39(30-32-49)44-26-22-40-23-28-46(37-47(40)36-44)45-27-21-38-11-4-5-13-43(38)35-45/h1-37H. The Labute approximate surface area is 332 Å². The van der Waals surface area contributed by atoms with E-state index in [0.29, 0.717) is 0 Å². The van der Waals surface area contributed by atoms with Gasteiger partial charge in [-0.25, -0.2) is 0 Å². The zero-order chi connectivity index (χ0) is 37.7. The van der Waals surface area contributed by atoms with E-state index in [1.54, 1.807) is 0 Å². The molecule has 0 radical (unpaired) electrons. The summed E-state index contributed by atoms with van der Waals surface area (Å²) in [5.74, 6) is 0. The molecule has 0 aliphatic carbocycles. The van der Waals surface area contributed by atoms with Gasteiger partial charge >= 0.3 is 0 Å². The van der Waals surface area contributed by atoms with Crippen LogP contribution in [0.25, 0.3) is 87.2 Å². The lowest BCUT2D eigenvalue weighted by atomic mass is 9.90. The minimum absolute atomic E-state index is 1.11. The van der Waals surface area contributed by atoms with Gasteiger partial charge < -0.3 is 4.90 Å². The van der Waals surface area contributed by atoms with Crippen molar-refractivity contribution >= 4 is 70.9 Å². The molecule has 11 rings (SSSR count). The van der Waals surface area contributed by atoms with Gasteiger partial charge in [0.1, 0.15) is 0 Å². The van der Waals surface area contributed by atoms with E-state index in [4.69, 9.17) is 0 Å². The summed E-state index contributed by atoms with van der Waals surface area (Å²) in [5, 5.41) is 12.5. The van der Waals surface area contributed by atoms with Crippen molar-refractivity contribution in [1.82, 2.24) is 0 Å². The van der Waals surface area contributed by atoms with E-state index in [9.17, 15) is 0 Å². The molecular weight excluding hydrogens is 687 g/mol. The summed E-state index contributed by atoms with van der Waals surface area (Å²) in [6, 6.07) is 82.1. The smallest absolute Gasteiger partial charge is 0.0540 e. The Kier molecular flexibility index (Phi) is 7.89. The van der Waals surface area contributed by atoms with Crippen molar-refractivity contribution in [2.75, 3.05) is 4.90 Å². The van der Waals surface area contributed by atoms with Crippen molar-refractivity contribution < 1.29 is 0 Å². The topological polar surface area (TPSA) is 3.24 Å². The number of hydrogen-bond donors (Lipinski definition) is 0. The molecule has 11 aromatic carbocycles. The average Bonchev–Trinajstić information content (AvgIpc) is 3.29. The molecule has 0 saturated heterocycles. The number of nitrogens with zero attached hydrogens (tertiary/aromatic N) is 1. The number of para-hydroxylation sites is 1. The first-order chi connectivity index (χ1) is 28.2. The maximum Gasteiger partial charge on any atom is 0.0540 e. The fourth-order valence-electron chi connectivity index (χ4n) is 8.78. The molecule has 11 aromatic rings. The minimum atomic E-state index is 1.11. The molecule has 0 aromatic heterocycles. The van der Waals surface area contributed by atoms with Crippen LogP contribution in [0, 0.1) is 0 Å². The minimum Gasteiger partial charge on any atom is -0.310 e. The molecule has 0 N–H and O–H groups in total. The number of anilines is 3. The van der Waals surface area contributed by atoms with Crippen molar-refractivity contribution in [3.8, 4) is 33.4 Å². The molecule has 1 heteroatoms. The third kappa shape index (κ3) is 5.80.